The summed E-state index contributed by atoms with van der Waals surface area (Å²) >= 11 is 0. The number of aromatic nitrogens is 2. The Morgan fingerprint density at radius 1 is 1.42 bits per heavy atom. The molecule has 2 aromatic rings. The van der Waals surface area contributed by atoms with Gasteiger partial charge in [0, 0.05) is 38.5 Å². The average molecular weight is 359 g/mol. The predicted octanol–water partition coefficient (Wildman–Crippen LogP) is 3.44. The van der Waals surface area contributed by atoms with Crippen molar-refractivity contribution in [3.05, 3.63) is 29.8 Å². The Balaban J connectivity index is 1.39. The van der Waals surface area contributed by atoms with Crippen molar-refractivity contribution in [2.24, 2.45) is 5.41 Å². The lowest BCUT2D eigenvalue weighted by molar-refractivity contribution is -0.137. The fraction of sp³-hybridized carbons (Fsp3) is 0.600. The van der Waals surface area contributed by atoms with Crippen LogP contribution in [-0.4, -0.2) is 47.1 Å². The molecule has 1 amide bonds. The summed E-state index contributed by atoms with van der Waals surface area (Å²) in [7, 11) is 1.79. The molecule has 4 rings (SSSR count). The standard InChI is InChI=1S/C20H26FN3O2/c1-26-17-4-2-9-20(17)10-3-11-24(13-20)19(25)8-7-18-22-15-6-5-14(21)12-16(15)23-18/h5-6,12,17H,2-4,7-11,13H2,1H3,(H,22,23)/t17-,20+/m1/s1. The molecule has 2 fully saturated rings. The van der Waals surface area contributed by atoms with Crippen molar-refractivity contribution in [3.8, 4) is 0 Å². The molecule has 1 N–H and O–H groups in total. The second-order valence-corrected chi connectivity index (χ2v) is 7.74. The number of ether oxygens (including phenoxy) is 1. The number of hydrogen-bond donors (Lipinski definition) is 1. The first-order valence-corrected chi connectivity index (χ1v) is 9.54. The highest BCUT2D eigenvalue weighted by molar-refractivity contribution is 5.77. The first-order chi connectivity index (χ1) is 12.6. The number of halogens is 1. The minimum Gasteiger partial charge on any atom is -0.381 e. The summed E-state index contributed by atoms with van der Waals surface area (Å²) in [6, 6.07) is 4.50. The Kier molecular flexibility index (Phi) is 4.69. The van der Waals surface area contributed by atoms with Crippen LogP contribution in [0, 0.1) is 11.2 Å². The number of nitrogens with zero attached hydrogens (tertiary/aromatic N) is 2. The molecule has 2 atom stereocenters. The third-order valence-corrected chi connectivity index (χ3v) is 6.14. The Hall–Kier alpha value is -1.95. The molecule has 1 aliphatic heterocycles. The second kappa shape index (κ2) is 6.99. The summed E-state index contributed by atoms with van der Waals surface area (Å²) in [4.78, 5) is 22.3. The smallest absolute Gasteiger partial charge is 0.223 e. The van der Waals surface area contributed by atoms with E-state index in [0.717, 1.165) is 50.1 Å². The number of hydrogen-bond acceptors (Lipinski definition) is 3. The SMILES string of the molecule is CO[C@@H]1CCC[C@@]12CCCN(C(=O)CCc1nc3ccc(F)cc3[nH]1)C2. The highest BCUT2D eigenvalue weighted by Crippen LogP contribution is 2.46. The highest BCUT2D eigenvalue weighted by Gasteiger charge is 2.46. The van der Waals surface area contributed by atoms with E-state index in [-0.39, 0.29) is 23.2 Å². The van der Waals surface area contributed by atoms with E-state index >= 15 is 0 Å². The zero-order valence-electron chi connectivity index (χ0n) is 15.3. The summed E-state index contributed by atoms with van der Waals surface area (Å²) in [6.07, 6.45) is 6.92. The topological polar surface area (TPSA) is 58.2 Å². The number of likely N-dealkylation sites (tertiary alicyclic amines) is 1. The van der Waals surface area contributed by atoms with Gasteiger partial charge >= 0.3 is 0 Å². The monoisotopic (exact) mass is 359 g/mol. The Bertz CT molecular complexity index is 805. The van der Waals surface area contributed by atoms with Gasteiger partial charge in [-0.3, -0.25) is 4.79 Å². The number of nitrogens with one attached hydrogen (secondary N) is 1. The Labute approximate surface area is 152 Å². The molecule has 1 aromatic heterocycles. The molecule has 6 heteroatoms. The first kappa shape index (κ1) is 17.5. The maximum Gasteiger partial charge on any atom is 0.223 e. The largest absolute Gasteiger partial charge is 0.381 e. The van der Waals surface area contributed by atoms with Gasteiger partial charge in [-0.1, -0.05) is 6.42 Å². The van der Waals surface area contributed by atoms with Gasteiger partial charge in [0.1, 0.15) is 11.6 Å². The van der Waals surface area contributed by atoms with Gasteiger partial charge in [0.2, 0.25) is 5.91 Å². The molecule has 140 valence electrons. The summed E-state index contributed by atoms with van der Waals surface area (Å²) < 4.78 is 19.0. The number of methoxy groups -OCH3 is 1. The molecular weight excluding hydrogens is 333 g/mol. The second-order valence-electron chi connectivity index (χ2n) is 7.74. The number of rotatable bonds is 4. The molecule has 0 radical (unpaired) electrons. The highest BCUT2D eigenvalue weighted by atomic mass is 19.1. The number of piperidine rings is 1. The van der Waals surface area contributed by atoms with Crippen LogP contribution in [-0.2, 0) is 16.0 Å². The normalized spacial score (nSPS) is 26.1. The van der Waals surface area contributed by atoms with Crippen molar-refractivity contribution >= 4 is 16.9 Å². The lowest BCUT2D eigenvalue weighted by atomic mass is 9.76. The molecule has 26 heavy (non-hydrogen) atoms. The fourth-order valence-electron chi connectivity index (χ4n) is 4.85. The van der Waals surface area contributed by atoms with Gasteiger partial charge in [-0.05, 0) is 43.9 Å². The first-order valence-electron chi connectivity index (χ1n) is 9.54. The van der Waals surface area contributed by atoms with Crippen LogP contribution in [0.4, 0.5) is 4.39 Å². The summed E-state index contributed by atoms with van der Waals surface area (Å²) in [5.41, 5.74) is 1.57. The van der Waals surface area contributed by atoms with Gasteiger partial charge in [-0.2, -0.15) is 0 Å². The zero-order valence-corrected chi connectivity index (χ0v) is 15.3. The molecule has 0 unspecified atom stereocenters. The number of amides is 1. The van der Waals surface area contributed by atoms with Gasteiger partial charge in [-0.25, -0.2) is 9.37 Å². The van der Waals surface area contributed by atoms with E-state index in [2.05, 4.69) is 9.97 Å². The number of aryl methyl sites for hydroxylation is 1. The fourth-order valence-corrected chi connectivity index (χ4v) is 4.85. The molecule has 5 nitrogen and oxygen atoms in total. The number of fused-ring (bicyclic) bond motifs is 1. The van der Waals surface area contributed by atoms with Crippen LogP contribution in [0.5, 0.6) is 0 Å². The van der Waals surface area contributed by atoms with Gasteiger partial charge in [0.15, 0.2) is 0 Å². The summed E-state index contributed by atoms with van der Waals surface area (Å²) in [6.45, 7) is 1.65. The predicted molar refractivity (Wildman–Crippen MR) is 97.3 cm³/mol. The molecular formula is C20H26FN3O2. The van der Waals surface area contributed by atoms with Gasteiger partial charge in [-0.15, -0.1) is 0 Å². The van der Waals surface area contributed by atoms with E-state index in [0.29, 0.717) is 18.4 Å². The van der Waals surface area contributed by atoms with Crippen LogP contribution in [0.1, 0.15) is 44.3 Å². The number of carbonyl (C=O) groups is 1. The number of H-pyrrole nitrogens is 1. The minimum absolute atomic E-state index is 0.152. The molecule has 2 heterocycles. The number of imidazole rings is 1. The number of carbonyl (C=O) groups excluding carboxylic acids is 1. The molecule has 0 bridgehead atoms. The van der Waals surface area contributed by atoms with E-state index in [1.54, 1.807) is 13.2 Å². The Morgan fingerprint density at radius 3 is 3.12 bits per heavy atom. The van der Waals surface area contributed by atoms with Gasteiger partial charge < -0.3 is 14.6 Å². The van der Waals surface area contributed by atoms with Crippen LogP contribution in [0.2, 0.25) is 0 Å². The van der Waals surface area contributed by atoms with Gasteiger partial charge in [0.25, 0.3) is 0 Å². The van der Waals surface area contributed by atoms with Crippen molar-refractivity contribution in [2.75, 3.05) is 20.2 Å². The maximum atomic E-state index is 13.3. The zero-order chi connectivity index (χ0) is 18.1. The van der Waals surface area contributed by atoms with Crippen molar-refractivity contribution in [1.82, 2.24) is 14.9 Å². The molecule has 1 spiro atoms. The van der Waals surface area contributed by atoms with Crippen LogP contribution in [0.15, 0.2) is 18.2 Å². The maximum absolute atomic E-state index is 13.3. The van der Waals surface area contributed by atoms with E-state index in [1.807, 2.05) is 4.90 Å². The molecule has 2 aliphatic rings. The van der Waals surface area contributed by atoms with Crippen molar-refractivity contribution in [1.29, 1.82) is 0 Å². The van der Waals surface area contributed by atoms with Crippen LogP contribution < -0.4 is 0 Å². The van der Waals surface area contributed by atoms with Crippen molar-refractivity contribution in [2.45, 2.75) is 51.0 Å². The van der Waals surface area contributed by atoms with E-state index in [4.69, 9.17) is 4.74 Å². The van der Waals surface area contributed by atoms with E-state index in [1.165, 1.54) is 18.6 Å². The van der Waals surface area contributed by atoms with Crippen molar-refractivity contribution < 1.29 is 13.9 Å². The summed E-state index contributed by atoms with van der Waals surface area (Å²) in [5.74, 6) is 0.630. The molecule has 1 saturated carbocycles. The average Bonchev–Trinajstić information content (AvgIpc) is 3.22. The molecule has 1 saturated heterocycles. The molecule has 1 aliphatic carbocycles. The lowest BCUT2D eigenvalue weighted by Crippen LogP contribution is -2.49. The van der Waals surface area contributed by atoms with Crippen LogP contribution in [0.3, 0.4) is 0 Å². The van der Waals surface area contributed by atoms with E-state index in [9.17, 15) is 9.18 Å². The van der Waals surface area contributed by atoms with Gasteiger partial charge in [0.05, 0.1) is 17.1 Å². The lowest BCUT2D eigenvalue weighted by Gasteiger charge is -2.43. The van der Waals surface area contributed by atoms with Crippen LogP contribution >= 0.6 is 0 Å². The number of benzene rings is 1. The molecule has 1 aromatic carbocycles. The third kappa shape index (κ3) is 3.22. The minimum atomic E-state index is -0.286. The third-order valence-electron chi connectivity index (χ3n) is 6.14. The summed E-state index contributed by atoms with van der Waals surface area (Å²) in [5, 5.41) is 0. The Morgan fingerprint density at radius 2 is 2.27 bits per heavy atom. The van der Waals surface area contributed by atoms with E-state index < -0.39 is 0 Å². The number of aromatic amines is 1. The van der Waals surface area contributed by atoms with Crippen molar-refractivity contribution in [3.63, 3.8) is 0 Å². The quantitative estimate of drug-likeness (QED) is 0.910. The van der Waals surface area contributed by atoms with Crippen LogP contribution in [0.25, 0.3) is 11.0 Å².